The molecule has 0 aliphatic heterocycles. The van der Waals surface area contributed by atoms with E-state index in [1.54, 1.807) is 71.5 Å². The van der Waals surface area contributed by atoms with Gasteiger partial charge in [0.15, 0.2) is 0 Å². The van der Waals surface area contributed by atoms with E-state index in [4.69, 9.17) is 26.7 Å². The Balaban J connectivity index is 0.000000270. The van der Waals surface area contributed by atoms with Crippen molar-refractivity contribution in [1.82, 2.24) is 29.7 Å². The third-order valence-electron chi connectivity index (χ3n) is 6.82. The summed E-state index contributed by atoms with van der Waals surface area (Å²) >= 11 is 0. The fraction of sp³-hybridized carbons (Fsp3) is 0.361. The number of nitriles is 1. The standard InChI is InChI=1S/C18H25N5O2.C18H21N5O2/c2*1-18(2,3)25-17(24)23(4)11-14-9-12(5-6-13(14)10-19)15-7-8-21-16(20)22-15/h5-9H,10-11,19H2,1-4H3,(H2,20,21,22);5-9H,11H2,1-4H3,(H2,20,21,22). The van der Waals surface area contributed by atoms with Gasteiger partial charge in [0.05, 0.1) is 23.0 Å². The summed E-state index contributed by atoms with van der Waals surface area (Å²) in [6.07, 6.45) is 2.35. The molecule has 0 saturated heterocycles. The molecule has 0 aliphatic rings. The van der Waals surface area contributed by atoms with Crippen LogP contribution in [0, 0.1) is 11.3 Å². The van der Waals surface area contributed by atoms with Gasteiger partial charge in [-0.1, -0.05) is 18.2 Å². The van der Waals surface area contributed by atoms with Gasteiger partial charge in [-0.05, 0) is 88.6 Å². The second-order valence-corrected chi connectivity index (χ2v) is 13.4. The third kappa shape index (κ3) is 11.7. The first kappa shape index (κ1) is 38.6. The van der Waals surface area contributed by atoms with E-state index in [1.165, 1.54) is 9.80 Å². The zero-order chi connectivity index (χ0) is 37.2. The minimum absolute atomic E-state index is 0.175. The van der Waals surface area contributed by atoms with Crippen LogP contribution in [0.1, 0.15) is 63.8 Å². The molecule has 50 heavy (non-hydrogen) atoms. The molecule has 0 aliphatic carbocycles. The van der Waals surface area contributed by atoms with Gasteiger partial charge in [-0.15, -0.1) is 0 Å². The van der Waals surface area contributed by atoms with Gasteiger partial charge in [-0.2, -0.15) is 5.26 Å². The van der Waals surface area contributed by atoms with Crippen molar-refractivity contribution in [2.24, 2.45) is 5.73 Å². The molecule has 2 amide bonds. The number of amides is 2. The first-order valence-corrected chi connectivity index (χ1v) is 15.8. The minimum Gasteiger partial charge on any atom is -0.444 e. The Morgan fingerprint density at radius 1 is 0.720 bits per heavy atom. The lowest BCUT2D eigenvalue weighted by Crippen LogP contribution is -2.34. The summed E-state index contributed by atoms with van der Waals surface area (Å²) in [5, 5.41) is 9.33. The molecule has 4 rings (SSSR count). The topological polar surface area (TPSA) is 212 Å². The number of benzene rings is 2. The Bertz CT molecular complexity index is 1840. The van der Waals surface area contributed by atoms with Crippen molar-refractivity contribution >= 4 is 24.1 Å². The number of nitrogen functional groups attached to an aromatic ring is 2. The van der Waals surface area contributed by atoms with Gasteiger partial charge in [-0.25, -0.2) is 29.5 Å². The zero-order valence-corrected chi connectivity index (χ0v) is 29.9. The zero-order valence-electron chi connectivity index (χ0n) is 29.9. The van der Waals surface area contributed by atoms with Crippen molar-refractivity contribution in [2.75, 3.05) is 25.6 Å². The molecule has 0 atom stereocenters. The Hall–Kier alpha value is -5.81. The summed E-state index contributed by atoms with van der Waals surface area (Å²) in [4.78, 5) is 43.5. The van der Waals surface area contributed by atoms with Crippen LogP contribution in [0.5, 0.6) is 0 Å². The molecule has 0 saturated carbocycles. The van der Waals surface area contributed by atoms with Crippen molar-refractivity contribution < 1.29 is 19.1 Å². The Labute approximate surface area is 293 Å². The molecule has 2 aromatic carbocycles. The minimum atomic E-state index is -0.580. The quantitative estimate of drug-likeness (QED) is 0.220. The number of carbonyl (C=O) groups is 2. The molecule has 14 nitrogen and oxygen atoms in total. The predicted octanol–water partition coefficient (Wildman–Crippen LogP) is 5.52. The molecular formula is C36H46N10O4. The molecule has 0 fully saturated rings. The molecule has 0 bridgehead atoms. The van der Waals surface area contributed by atoms with Crippen molar-refractivity contribution in [2.45, 2.75) is 72.4 Å². The fourth-order valence-electron chi connectivity index (χ4n) is 4.51. The van der Waals surface area contributed by atoms with Crippen molar-refractivity contribution in [3.63, 3.8) is 0 Å². The van der Waals surface area contributed by atoms with Crippen LogP contribution in [0.2, 0.25) is 0 Å². The van der Waals surface area contributed by atoms with Crippen molar-refractivity contribution in [3.05, 3.63) is 83.2 Å². The van der Waals surface area contributed by atoms with E-state index in [0.717, 1.165) is 27.9 Å². The van der Waals surface area contributed by atoms with Crippen LogP contribution in [-0.2, 0) is 29.1 Å². The summed E-state index contributed by atoms with van der Waals surface area (Å²) in [6, 6.07) is 16.8. The smallest absolute Gasteiger partial charge is 0.410 e. The number of hydrogen-bond acceptors (Lipinski definition) is 12. The molecule has 2 heterocycles. The Morgan fingerprint density at radius 3 is 1.58 bits per heavy atom. The predicted molar refractivity (Wildman–Crippen MR) is 192 cm³/mol. The number of aromatic nitrogens is 4. The highest BCUT2D eigenvalue weighted by Crippen LogP contribution is 2.24. The second-order valence-electron chi connectivity index (χ2n) is 13.4. The van der Waals surface area contributed by atoms with E-state index in [2.05, 4.69) is 26.0 Å². The van der Waals surface area contributed by atoms with Crippen LogP contribution in [0.4, 0.5) is 21.5 Å². The molecule has 0 radical (unpaired) electrons. The number of hydrogen-bond donors (Lipinski definition) is 3. The highest BCUT2D eigenvalue weighted by molar-refractivity contribution is 5.69. The lowest BCUT2D eigenvalue weighted by atomic mass is 10.0. The van der Waals surface area contributed by atoms with E-state index < -0.39 is 17.3 Å². The lowest BCUT2D eigenvalue weighted by Gasteiger charge is -2.25. The van der Waals surface area contributed by atoms with Gasteiger partial charge in [-0.3, -0.25) is 0 Å². The Kier molecular flexibility index (Phi) is 12.8. The average molecular weight is 683 g/mol. The summed E-state index contributed by atoms with van der Waals surface area (Å²) in [6.45, 7) is 11.9. The number of carbonyl (C=O) groups excluding carboxylic acids is 2. The number of nitrogens with zero attached hydrogens (tertiary/aromatic N) is 7. The second kappa shape index (κ2) is 16.5. The fourth-order valence-corrected chi connectivity index (χ4v) is 4.51. The maximum absolute atomic E-state index is 12.2. The maximum atomic E-state index is 12.2. The Morgan fingerprint density at radius 2 is 1.16 bits per heavy atom. The number of nitrogens with two attached hydrogens (primary N) is 3. The van der Waals surface area contributed by atoms with E-state index in [1.807, 2.05) is 45.0 Å². The van der Waals surface area contributed by atoms with E-state index in [-0.39, 0.29) is 24.5 Å². The van der Waals surface area contributed by atoms with E-state index in [9.17, 15) is 14.9 Å². The molecule has 0 spiro atoms. The van der Waals surface area contributed by atoms with Crippen LogP contribution >= 0.6 is 0 Å². The van der Waals surface area contributed by atoms with E-state index >= 15 is 0 Å². The molecular weight excluding hydrogens is 636 g/mol. The van der Waals surface area contributed by atoms with Gasteiger partial charge in [0.2, 0.25) is 11.9 Å². The first-order valence-electron chi connectivity index (χ1n) is 15.8. The maximum Gasteiger partial charge on any atom is 0.410 e. The van der Waals surface area contributed by atoms with Crippen LogP contribution in [0.3, 0.4) is 0 Å². The first-order chi connectivity index (χ1) is 23.4. The largest absolute Gasteiger partial charge is 0.444 e. The average Bonchev–Trinajstić information content (AvgIpc) is 3.03. The van der Waals surface area contributed by atoms with Gasteiger partial charge in [0, 0.05) is 57.3 Å². The highest BCUT2D eigenvalue weighted by atomic mass is 16.6. The molecule has 6 N–H and O–H groups in total. The molecule has 0 unspecified atom stereocenters. The van der Waals surface area contributed by atoms with Gasteiger partial charge >= 0.3 is 12.2 Å². The van der Waals surface area contributed by atoms with Gasteiger partial charge < -0.3 is 36.5 Å². The summed E-state index contributed by atoms with van der Waals surface area (Å²) in [7, 11) is 3.33. The lowest BCUT2D eigenvalue weighted by molar-refractivity contribution is 0.0275. The van der Waals surface area contributed by atoms with Crippen LogP contribution in [0.15, 0.2) is 60.9 Å². The summed E-state index contributed by atoms with van der Waals surface area (Å²) < 4.78 is 10.7. The van der Waals surface area contributed by atoms with Crippen LogP contribution in [0.25, 0.3) is 22.5 Å². The molecule has 4 aromatic rings. The molecule has 2 aromatic heterocycles. The van der Waals surface area contributed by atoms with E-state index in [0.29, 0.717) is 29.9 Å². The van der Waals surface area contributed by atoms with Gasteiger partial charge in [0.25, 0.3) is 0 Å². The SMILES string of the molecule is CN(Cc1cc(-c2ccnc(N)n2)ccc1C#N)C(=O)OC(C)(C)C.CN(Cc1cc(-c2ccnc(N)n2)ccc1CN)C(=O)OC(C)(C)C. The molecule has 264 valence electrons. The summed E-state index contributed by atoms with van der Waals surface area (Å²) in [5.41, 5.74) is 22.1. The van der Waals surface area contributed by atoms with Crippen molar-refractivity contribution in [3.8, 4) is 28.6 Å². The monoisotopic (exact) mass is 682 g/mol. The number of rotatable bonds is 7. The number of anilines is 2. The van der Waals surface area contributed by atoms with Crippen molar-refractivity contribution in [1.29, 1.82) is 5.26 Å². The molecule has 14 heteroatoms. The van der Waals surface area contributed by atoms with Crippen LogP contribution in [-0.4, -0.2) is 67.2 Å². The van der Waals surface area contributed by atoms with Gasteiger partial charge in [0.1, 0.15) is 11.2 Å². The van der Waals surface area contributed by atoms with Crippen LogP contribution < -0.4 is 17.2 Å². The summed E-state index contributed by atoms with van der Waals surface area (Å²) in [5.74, 6) is 0.391. The highest BCUT2D eigenvalue weighted by Gasteiger charge is 2.22. The third-order valence-corrected chi connectivity index (χ3v) is 6.82. The normalized spacial score (nSPS) is 11.0. The number of ether oxygens (including phenoxy) is 2.